The van der Waals surface area contributed by atoms with Crippen LogP contribution in [0.2, 0.25) is 5.02 Å². The minimum atomic E-state index is -0.0208. The fourth-order valence-corrected chi connectivity index (χ4v) is 2.49. The molecule has 2 heterocycles. The van der Waals surface area contributed by atoms with Gasteiger partial charge in [-0.25, -0.2) is 4.68 Å². The molecule has 1 atom stereocenters. The van der Waals surface area contributed by atoms with Crippen LogP contribution in [-0.2, 0) is 4.79 Å². The van der Waals surface area contributed by atoms with Crippen LogP contribution in [0, 0.1) is 0 Å². The van der Waals surface area contributed by atoms with E-state index >= 15 is 0 Å². The molecule has 6 nitrogen and oxygen atoms in total. The Morgan fingerprint density at radius 3 is 2.90 bits per heavy atom. The monoisotopic (exact) mass is 306 g/mol. The van der Waals surface area contributed by atoms with E-state index < -0.39 is 0 Å². The van der Waals surface area contributed by atoms with Crippen LogP contribution in [0.5, 0.6) is 5.75 Å². The molecule has 1 unspecified atom stereocenters. The average Bonchev–Trinajstić information content (AvgIpc) is 3.17. The number of carbonyl (C=O) groups excluding carboxylic acids is 1. The number of carbonyl (C=O) groups is 1. The zero-order valence-corrected chi connectivity index (χ0v) is 12.1. The first-order chi connectivity index (χ1) is 10.2. The fraction of sp³-hybridized carbons (Fsp3) is 0.357. The van der Waals surface area contributed by atoms with Crippen LogP contribution >= 0.6 is 11.6 Å². The lowest BCUT2D eigenvalue weighted by Crippen LogP contribution is -2.33. The average molecular weight is 307 g/mol. The maximum Gasteiger partial charge on any atom is 0.260 e. The summed E-state index contributed by atoms with van der Waals surface area (Å²) in [6.07, 6.45) is 4.35. The number of aromatic nitrogens is 3. The Hall–Kier alpha value is -2.08. The van der Waals surface area contributed by atoms with Gasteiger partial charge in [-0.1, -0.05) is 16.8 Å². The quantitative estimate of drug-likeness (QED) is 0.864. The molecule has 2 aromatic rings. The maximum absolute atomic E-state index is 12.1. The van der Waals surface area contributed by atoms with Gasteiger partial charge in [-0.05, 0) is 30.7 Å². The fourth-order valence-electron chi connectivity index (χ4n) is 2.36. The van der Waals surface area contributed by atoms with E-state index in [4.69, 9.17) is 16.3 Å². The van der Waals surface area contributed by atoms with E-state index in [2.05, 4.69) is 10.3 Å². The largest absolute Gasteiger partial charge is 0.484 e. The molecular formula is C14H15ClN4O2. The summed E-state index contributed by atoms with van der Waals surface area (Å²) in [4.78, 5) is 13.9. The van der Waals surface area contributed by atoms with Crippen molar-refractivity contribution in [3.63, 3.8) is 0 Å². The third-order valence-electron chi connectivity index (χ3n) is 3.51. The van der Waals surface area contributed by atoms with Crippen LogP contribution in [0.1, 0.15) is 12.5 Å². The van der Waals surface area contributed by atoms with Crippen LogP contribution in [0.25, 0.3) is 0 Å². The van der Waals surface area contributed by atoms with Crippen molar-refractivity contribution in [3.8, 4) is 5.75 Å². The Balaban J connectivity index is 1.51. The summed E-state index contributed by atoms with van der Waals surface area (Å²) in [6.45, 7) is 1.39. The van der Waals surface area contributed by atoms with Crippen molar-refractivity contribution >= 4 is 17.5 Å². The summed E-state index contributed by atoms with van der Waals surface area (Å²) < 4.78 is 7.28. The van der Waals surface area contributed by atoms with Crippen molar-refractivity contribution in [1.82, 2.24) is 19.9 Å². The summed E-state index contributed by atoms with van der Waals surface area (Å²) in [5.74, 6) is 0.618. The summed E-state index contributed by atoms with van der Waals surface area (Å²) in [5.41, 5.74) is 0. The topological polar surface area (TPSA) is 60.2 Å². The zero-order chi connectivity index (χ0) is 14.7. The Bertz CT molecular complexity index is 600. The van der Waals surface area contributed by atoms with Crippen LogP contribution in [-0.4, -0.2) is 45.5 Å². The predicted molar refractivity (Wildman–Crippen MR) is 77.2 cm³/mol. The minimum Gasteiger partial charge on any atom is -0.484 e. The van der Waals surface area contributed by atoms with E-state index in [1.165, 1.54) is 0 Å². The highest BCUT2D eigenvalue weighted by Crippen LogP contribution is 2.21. The van der Waals surface area contributed by atoms with Gasteiger partial charge in [0.15, 0.2) is 6.61 Å². The molecule has 7 heteroatoms. The van der Waals surface area contributed by atoms with Gasteiger partial charge in [0.05, 0.1) is 12.2 Å². The van der Waals surface area contributed by atoms with Gasteiger partial charge in [0.25, 0.3) is 5.91 Å². The summed E-state index contributed by atoms with van der Waals surface area (Å²) in [5, 5.41) is 8.42. The minimum absolute atomic E-state index is 0.0208. The molecule has 110 valence electrons. The lowest BCUT2D eigenvalue weighted by molar-refractivity contribution is -0.132. The van der Waals surface area contributed by atoms with Crippen molar-refractivity contribution in [3.05, 3.63) is 41.7 Å². The number of ether oxygens (including phenoxy) is 1. The van der Waals surface area contributed by atoms with Gasteiger partial charge in [-0.15, -0.1) is 5.10 Å². The van der Waals surface area contributed by atoms with Crippen LogP contribution in [0.3, 0.4) is 0 Å². The molecule has 21 heavy (non-hydrogen) atoms. The van der Waals surface area contributed by atoms with Gasteiger partial charge in [0, 0.05) is 24.3 Å². The first-order valence-corrected chi connectivity index (χ1v) is 7.12. The van der Waals surface area contributed by atoms with Crippen molar-refractivity contribution in [2.24, 2.45) is 0 Å². The molecule has 1 amide bonds. The predicted octanol–water partition coefficient (Wildman–Crippen LogP) is 1.78. The number of likely N-dealkylation sites (tertiary alicyclic amines) is 1. The molecule has 0 radical (unpaired) electrons. The molecule has 0 aliphatic carbocycles. The number of amides is 1. The second-order valence-electron chi connectivity index (χ2n) is 4.91. The summed E-state index contributed by atoms with van der Waals surface area (Å²) >= 11 is 5.80. The van der Waals surface area contributed by atoms with Gasteiger partial charge in [0.2, 0.25) is 0 Å². The SMILES string of the molecule is O=C(COc1ccc(Cl)cc1)N1CCC(n2ccnn2)C1. The summed E-state index contributed by atoms with van der Waals surface area (Å²) in [7, 11) is 0. The molecule has 0 saturated carbocycles. The van der Waals surface area contributed by atoms with E-state index in [1.807, 2.05) is 6.20 Å². The second-order valence-corrected chi connectivity index (χ2v) is 5.34. The Morgan fingerprint density at radius 2 is 2.19 bits per heavy atom. The third-order valence-corrected chi connectivity index (χ3v) is 3.76. The lowest BCUT2D eigenvalue weighted by atomic mass is 10.3. The maximum atomic E-state index is 12.1. The standard InChI is InChI=1S/C14H15ClN4O2/c15-11-1-3-13(4-2-11)21-10-14(20)18-7-5-12(9-18)19-8-6-16-17-19/h1-4,6,8,12H,5,7,9-10H2. The molecule has 3 rings (SSSR count). The van der Waals surface area contributed by atoms with E-state index in [1.54, 1.807) is 40.0 Å². The molecule has 1 aromatic carbocycles. The highest BCUT2D eigenvalue weighted by atomic mass is 35.5. The third kappa shape index (κ3) is 3.33. The zero-order valence-electron chi connectivity index (χ0n) is 11.4. The molecule has 1 aliphatic heterocycles. The normalized spacial score (nSPS) is 18.0. The van der Waals surface area contributed by atoms with Crippen LogP contribution < -0.4 is 4.74 Å². The van der Waals surface area contributed by atoms with Crippen molar-refractivity contribution < 1.29 is 9.53 Å². The van der Waals surface area contributed by atoms with Gasteiger partial charge in [0.1, 0.15) is 5.75 Å². The van der Waals surface area contributed by atoms with Crippen molar-refractivity contribution in [1.29, 1.82) is 0 Å². The number of rotatable bonds is 4. The number of benzene rings is 1. The van der Waals surface area contributed by atoms with E-state index in [9.17, 15) is 4.79 Å². The molecule has 0 bridgehead atoms. The van der Waals surface area contributed by atoms with Crippen LogP contribution in [0.4, 0.5) is 0 Å². The highest BCUT2D eigenvalue weighted by molar-refractivity contribution is 6.30. The van der Waals surface area contributed by atoms with Crippen molar-refractivity contribution in [2.75, 3.05) is 19.7 Å². The van der Waals surface area contributed by atoms with E-state index in [0.717, 1.165) is 6.42 Å². The molecule has 1 fully saturated rings. The van der Waals surface area contributed by atoms with Gasteiger partial charge < -0.3 is 9.64 Å². The number of hydrogen-bond acceptors (Lipinski definition) is 4. The van der Waals surface area contributed by atoms with Gasteiger partial charge in [-0.3, -0.25) is 4.79 Å². The Labute approximate surface area is 127 Å². The Kier molecular flexibility index (Phi) is 4.06. The van der Waals surface area contributed by atoms with E-state index in [-0.39, 0.29) is 18.6 Å². The number of hydrogen-bond donors (Lipinski definition) is 0. The van der Waals surface area contributed by atoms with Crippen molar-refractivity contribution in [2.45, 2.75) is 12.5 Å². The van der Waals surface area contributed by atoms with Gasteiger partial charge in [-0.2, -0.15) is 0 Å². The molecule has 0 N–H and O–H groups in total. The molecule has 1 aliphatic rings. The molecular weight excluding hydrogens is 292 g/mol. The van der Waals surface area contributed by atoms with E-state index in [0.29, 0.717) is 23.9 Å². The second kappa shape index (κ2) is 6.13. The van der Waals surface area contributed by atoms with Crippen LogP contribution in [0.15, 0.2) is 36.7 Å². The Morgan fingerprint density at radius 1 is 1.38 bits per heavy atom. The molecule has 0 spiro atoms. The first kappa shape index (κ1) is 13.9. The highest BCUT2D eigenvalue weighted by Gasteiger charge is 2.27. The molecule has 1 aromatic heterocycles. The summed E-state index contributed by atoms with van der Waals surface area (Å²) in [6, 6.07) is 7.16. The molecule has 1 saturated heterocycles. The first-order valence-electron chi connectivity index (χ1n) is 6.74. The lowest BCUT2D eigenvalue weighted by Gasteiger charge is -2.16. The van der Waals surface area contributed by atoms with Gasteiger partial charge >= 0.3 is 0 Å². The smallest absolute Gasteiger partial charge is 0.260 e. The number of halogens is 1. The number of nitrogens with zero attached hydrogens (tertiary/aromatic N) is 4.